The maximum Gasteiger partial charge on any atom is 0.270 e. The molecule has 20 heavy (non-hydrogen) atoms. The summed E-state index contributed by atoms with van der Waals surface area (Å²) in [6.07, 6.45) is 6.45. The first-order valence-electron chi connectivity index (χ1n) is 7.20. The molecule has 5 heteroatoms. The minimum atomic E-state index is -0.423. The van der Waals surface area contributed by atoms with Gasteiger partial charge in [0.25, 0.3) is 5.69 Å². The number of halogens is 1. The Balaban J connectivity index is 1.92. The van der Waals surface area contributed by atoms with Crippen molar-refractivity contribution in [2.24, 2.45) is 5.41 Å². The monoisotopic (exact) mass is 296 g/mol. The second-order valence-electron chi connectivity index (χ2n) is 5.70. The molecule has 4 nitrogen and oxygen atoms in total. The van der Waals surface area contributed by atoms with E-state index in [9.17, 15) is 10.1 Å². The summed E-state index contributed by atoms with van der Waals surface area (Å²) in [4.78, 5) is 10.2. The Morgan fingerprint density at radius 2 is 2.10 bits per heavy atom. The standard InChI is InChI=1S/C15H21ClN2O2/c1-2-15(7-3-4-8-15)11-17-10-12-5-6-13(18(19)20)9-14(12)16/h5-6,9,17H,2-4,7-8,10-11H2,1H3. The van der Waals surface area contributed by atoms with Crippen molar-refractivity contribution < 1.29 is 4.92 Å². The molecule has 1 fully saturated rings. The van der Waals surface area contributed by atoms with Crippen molar-refractivity contribution in [3.8, 4) is 0 Å². The maximum atomic E-state index is 10.7. The molecular formula is C15H21ClN2O2. The molecule has 0 bridgehead atoms. The molecule has 2 rings (SSSR count). The number of nitro groups is 1. The van der Waals surface area contributed by atoms with Gasteiger partial charge in [-0.05, 0) is 36.3 Å². The van der Waals surface area contributed by atoms with Gasteiger partial charge in [-0.2, -0.15) is 0 Å². The van der Waals surface area contributed by atoms with Crippen LogP contribution in [0.1, 0.15) is 44.6 Å². The first kappa shape index (κ1) is 15.3. The summed E-state index contributed by atoms with van der Waals surface area (Å²) in [6.45, 7) is 3.92. The Hall–Kier alpha value is -1.13. The molecule has 110 valence electrons. The molecule has 1 aliphatic carbocycles. The van der Waals surface area contributed by atoms with E-state index in [-0.39, 0.29) is 5.69 Å². The van der Waals surface area contributed by atoms with Crippen molar-refractivity contribution in [1.82, 2.24) is 5.32 Å². The topological polar surface area (TPSA) is 55.2 Å². The molecule has 0 heterocycles. The van der Waals surface area contributed by atoms with Crippen molar-refractivity contribution in [2.45, 2.75) is 45.6 Å². The van der Waals surface area contributed by atoms with Gasteiger partial charge in [-0.15, -0.1) is 0 Å². The van der Waals surface area contributed by atoms with E-state index in [0.717, 1.165) is 12.1 Å². The second kappa shape index (κ2) is 6.55. The summed E-state index contributed by atoms with van der Waals surface area (Å²) >= 11 is 6.09. The number of benzene rings is 1. The number of hydrogen-bond acceptors (Lipinski definition) is 3. The zero-order chi connectivity index (χ0) is 14.6. The minimum absolute atomic E-state index is 0.0413. The predicted molar refractivity (Wildman–Crippen MR) is 81.0 cm³/mol. The summed E-state index contributed by atoms with van der Waals surface area (Å²) < 4.78 is 0. The van der Waals surface area contributed by atoms with Crippen LogP contribution in [0.5, 0.6) is 0 Å². The smallest absolute Gasteiger partial charge is 0.270 e. The van der Waals surface area contributed by atoms with Crippen LogP contribution in [0.4, 0.5) is 5.69 Å². The van der Waals surface area contributed by atoms with Gasteiger partial charge < -0.3 is 5.32 Å². The Bertz CT molecular complexity index is 485. The highest BCUT2D eigenvalue weighted by atomic mass is 35.5. The summed E-state index contributed by atoms with van der Waals surface area (Å²) in [5.74, 6) is 0. The van der Waals surface area contributed by atoms with Crippen molar-refractivity contribution in [3.05, 3.63) is 38.9 Å². The van der Waals surface area contributed by atoms with Crippen LogP contribution in [0.3, 0.4) is 0 Å². The molecule has 1 N–H and O–H groups in total. The fraction of sp³-hybridized carbons (Fsp3) is 0.600. The molecule has 0 saturated heterocycles. The SMILES string of the molecule is CCC1(CNCc2ccc([N+](=O)[O-])cc2Cl)CCCC1. The van der Waals surface area contributed by atoms with Gasteiger partial charge >= 0.3 is 0 Å². The normalized spacial score (nSPS) is 17.3. The van der Waals surface area contributed by atoms with Crippen LogP contribution in [0.15, 0.2) is 18.2 Å². The van der Waals surface area contributed by atoms with Gasteiger partial charge in [-0.25, -0.2) is 0 Å². The van der Waals surface area contributed by atoms with Crippen LogP contribution in [-0.2, 0) is 6.54 Å². The van der Waals surface area contributed by atoms with Crippen LogP contribution >= 0.6 is 11.6 Å². The van der Waals surface area contributed by atoms with E-state index in [0.29, 0.717) is 17.0 Å². The largest absolute Gasteiger partial charge is 0.312 e. The van der Waals surface area contributed by atoms with Crippen LogP contribution in [-0.4, -0.2) is 11.5 Å². The minimum Gasteiger partial charge on any atom is -0.312 e. The highest BCUT2D eigenvalue weighted by molar-refractivity contribution is 6.31. The number of hydrogen-bond donors (Lipinski definition) is 1. The molecule has 0 aromatic heterocycles. The predicted octanol–water partition coefficient (Wildman–Crippen LogP) is 4.31. The average molecular weight is 297 g/mol. The molecule has 1 aromatic carbocycles. The fourth-order valence-electron chi connectivity index (χ4n) is 3.04. The molecule has 1 aromatic rings. The molecule has 0 unspecified atom stereocenters. The zero-order valence-corrected chi connectivity index (χ0v) is 12.6. The molecule has 1 aliphatic rings. The van der Waals surface area contributed by atoms with Crippen molar-refractivity contribution >= 4 is 17.3 Å². The Morgan fingerprint density at radius 3 is 2.65 bits per heavy atom. The average Bonchev–Trinajstić information content (AvgIpc) is 2.90. The number of rotatable bonds is 6. The molecular weight excluding hydrogens is 276 g/mol. The number of nitrogens with zero attached hydrogens (tertiary/aromatic N) is 1. The second-order valence-corrected chi connectivity index (χ2v) is 6.10. The number of nitro benzene ring substituents is 1. The van der Waals surface area contributed by atoms with Gasteiger partial charge in [0.15, 0.2) is 0 Å². The number of nitrogens with one attached hydrogen (secondary N) is 1. The fourth-order valence-corrected chi connectivity index (χ4v) is 3.28. The third-order valence-electron chi connectivity index (χ3n) is 4.48. The van der Waals surface area contributed by atoms with Gasteiger partial charge in [0.2, 0.25) is 0 Å². The molecule has 1 saturated carbocycles. The van der Waals surface area contributed by atoms with Gasteiger partial charge in [0.1, 0.15) is 0 Å². The first-order valence-corrected chi connectivity index (χ1v) is 7.58. The molecule has 0 amide bonds. The van der Waals surface area contributed by atoms with Crippen molar-refractivity contribution in [3.63, 3.8) is 0 Å². The van der Waals surface area contributed by atoms with E-state index < -0.39 is 4.92 Å². The Labute approximate surface area is 124 Å². The molecule has 0 spiro atoms. The first-order chi connectivity index (χ1) is 9.56. The van der Waals surface area contributed by atoms with Crippen LogP contribution < -0.4 is 5.32 Å². The summed E-state index contributed by atoms with van der Waals surface area (Å²) in [6, 6.07) is 4.67. The Kier molecular flexibility index (Phi) is 5.00. The third-order valence-corrected chi connectivity index (χ3v) is 4.83. The van der Waals surface area contributed by atoms with Gasteiger partial charge in [0.05, 0.1) is 9.95 Å². The summed E-state index contributed by atoms with van der Waals surface area (Å²) in [5.41, 5.74) is 1.40. The quantitative estimate of drug-likeness (QED) is 0.628. The summed E-state index contributed by atoms with van der Waals surface area (Å²) in [7, 11) is 0. The van der Waals surface area contributed by atoms with Gasteiger partial charge in [0, 0.05) is 25.2 Å². The van der Waals surface area contributed by atoms with Gasteiger partial charge in [-0.3, -0.25) is 10.1 Å². The maximum absolute atomic E-state index is 10.7. The van der Waals surface area contributed by atoms with Crippen molar-refractivity contribution in [2.75, 3.05) is 6.54 Å². The van der Waals surface area contributed by atoms with E-state index in [1.807, 2.05) is 0 Å². The lowest BCUT2D eigenvalue weighted by molar-refractivity contribution is -0.384. The van der Waals surface area contributed by atoms with Crippen LogP contribution in [0, 0.1) is 15.5 Å². The molecule has 0 aliphatic heterocycles. The van der Waals surface area contributed by atoms with E-state index in [1.54, 1.807) is 6.07 Å². The van der Waals surface area contributed by atoms with Gasteiger partial charge in [-0.1, -0.05) is 31.4 Å². The number of non-ortho nitro benzene ring substituents is 1. The van der Waals surface area contributed by atoms with E-state index in [2.05, 4.69) is 12.2 Å². The lowest BCUT2D eigenvalue weighted by atomic mass is 9.83. The van der Waals surface area contributed by atoms with E-state index in [4.69, 9.17) is 11.6 Å². The Morgan fingerprint density at radius 1 is 1.40 bits per heavy atom. The molecule has 0 radical (unpaired) electrons. The molecule has 0 atom stereocenters. The third kappa shape index (κ3) is 3.49. The lowest BCUT2D eigenvalue weighted by Crippen LogP contribution is -2.31. The highest BCUT2D eigenvalue weighted by Gasteiger charge is 2.31. The van der Waals surface area contributed by atoms with E-state index >= 15 is 0 Å². The zero-order valence-electron chi connectivity index (χ0n) is 11.8. The highest BCUT2D eigenvalue weighted by Crippen LogP contribution is 2.40. The van der Waals surface area contributed by atoms with Crippen LogP contribution in [0.25, 0.3) is 0 Å². The summed E-state index contributed by atoms with van der Waals surface area (Å²) in [5, 5.41) is 14.6. The van der Waals surface area contributed by atoms with E-state index in [1.165, 1.54) is 44.2 Å². The van der Waals surface area contributed by atoms with Crippen molar-refractivity contribution in [1.29, 1.82) is 0 Å². The lowest BCUT2D eigenvalue weighted by Gasteiger charge is -2.27. The van der Waals surface area contributed by atoms with Crippen LogP contribution in [0.2, 0.25) is 5.02 Å².